The summed E-state index contributed by atoms with van der Waals surface area (Å²) in [5.74, 6) is 7.00. The van der Waals surface area contributed by atoms with Gasteiger partial charge in [-0.2, -0.15) is 0 Å². The van der Waals surface area contributed by atoms with E-state index in [1.807, 2.05) is 12.1 Å². The van der Waals surface area contributed by atoms with Gasteiger partial charge in [-0.15, -0.1) is 23.1 Å². The summed E-state index contributed by atoms with van der Waals surface area (Å²) in [6.07, 6.45) is 3.05. The quantitative estimate of drug-likeness (QED) is 0.434. The van der Waals surface area contributed by atoms with Gasteiger partial charge in [0.25, 0.3) is 0 Å². The molecule has 3 rings (SSSR count). The topological polar surface area (TPSA) is 63.8 Å². The Morgan fingerprint density at radius 1 is 1.24 bits per heavy atom. The van der Waals surface area contributed by atoms with Crippen LogP contribution in [0.5, 0.6) is 0 Å². The van der Waals surface area contributed by atoms with E-state index in [9.17, 15) is 0 Å². The number of hydrazine groups is 1. The molecule has 0 aliphatic carbocycles. The predicted molar refractivity (Wildman–Crippen MR) is 91.8 cm³/mol. The Morgan fingerprint density at radius 3 is 2.62 bits per heavy atom. The standard InChI is InChI=1S/C15H16N4S2/c1-3-10-8-12-14(19-16)17-13(18-15(12)21-10)9-4-6-11(20-2)7-5-9/h4-8H,3,16H2,1-2H3,(H,17,18,19). The van der Waals surface area contributed by atoms with Crippen LogP contribution in [-0.4, -0.2) is 16.2 Å². The highest BCUT2D eigenvalue weighted by Gasteiger charge is 2.11. The molecular formula is C15H16N4S2. The number of anilines is 1. The lowest BCUT2D eigenvalue weighted by Crippen LogP contribution is -2.09. The summed E-state index contributed by atoms with van der Waals surface area (Å²) in [6.45, 7) is 2.13. The minimum atomic E-state index is 0.680. The molecule has 0 saturated carbocycles. The molecule has 0 aliphatic heterocycles. The average Bonchev–Trinajstić information content (AvgIpc) is 2.97. The van der Waals surface area contributed by atoms with Crippen LogP contribution in [-0.2, 0) is 6.42 Å². The number of hydrogen-bond donors (Lipinski definition) is 2. The summed E-state index contributed by atoms with van der Waals surface area (Å²) in [6, 6.07) is 10.4. The van der Waals surface area contributed by atoms with Crippen molar-refractivity contribution in [2.24, 2.45) is 5.84 Å². The van der Waals surface area contributed by atoms with Crippen molar-refractivity contribution in [2.45, 2.75) is 18.2 Å². The van der Waals surface area contributed by atoms with Gasteiger partial charge >= 0.3 is 0 Å². The second-order valence-electron chi connectivity index (χ2n) is 4.55. The van der Waals surface area contributed by atoms with Gasteiger partial charge in [-0.3, -0.25) is 0 Å². The van der Waals surface area contributed by atoms with Crippen LogP contribution < -0.4 is 11.3 Å². The van der Waals surface area contributed by atoms with Crippen LogP contribution in [0.25, 0.3) is 21.6 Å². The van der Waals surface area contributed by atoms with Crippen LogP contribution in [0, 0.1) is 0 Å². The van der Waals surface area contributed by atoms with Gasteiger partial charge in [0.2, 0.25) is 0 Å². The maximum atomic E-state index is 5.62. The zero-order valence-corrected chi connectivity index (χ0v) is 13.5. The summed E-state index contributed by atoms with van der Waals surface area (Å²) >= 11 is 3.41. The molecular weight excluding hydrogens is 300 g/mol. The lowest BCUT2D eigenvalue weighted by Gasteiger charge is -2.05. The number of thiophene rings is 1. The molecule has 1 aromatic carbocycles. The van der Waals surface area contributed by atoms with E-state index < -0.39 is 0 Å². The number of fused-ring (bicyclic) bond motifs is 1. The molecule has 0 spiro atoms. The van der Waals surface area contributed by atoms with Crippen molar-refractivity contribution in [3.63, 3.8) is 0 Å². The Bertz CT molecular complexity index is 765. The molecule has 0 aliphatic rings. The molecule has 108 valence electrons. The van der Waals surface area contributed by atoms with Gasteiger partial charge in [-0.05, 0) is 30.9 Å². The SMILES string of the molecule is CCc1cc2c(NN)nc(-c3ccc(SC)cc3)nc2s1. The predicted octanol–water partition coefficient (Wildman–Crippen LogP) is 3.93. The highest BCUT2D eigenvalue weighted by atomic mass is 32.2. The maximum absolute atomic E-state index is 5.62. The molecule has 0 saturated heterocycles. The maximum Gasteiger partial charge on any atom is 0.163 e. The van der Waals surface area contributed by atoms with Gasteiger partial charge in [-0.1, -0.05) is 19.1 Å². The van der Waals surface area contributed by atoms with E-state index >= 15 is 0 Å². The van der Waals surface area contributed by atoms with Gasteiger partial charge in [0.15, 0.2) is 11.6 Å². The van der Waals surface area contributed by atoms with Crippen LogP contribution in [0.1, 0.15) is 11.8 Å². The van der Waals surface area contributed by atoms with Crippen LogP contribution in [0.3, 0.4) is 0 Å². The third-order valence-electron chi connectivity index (χ3n) is 3.28. The fourth-order valence-corrected chi connectivity index (χ4v) is 3.50. The fourth-order valence-electron chi connectivity index (χ4n) is 2.12. The number of benzene rings is 1. The number of aromatic nitrogens is 2. The third kappa shape index (κ3) is 2.74. The Balaban J connectivity index is 2.13. The smallest absolute Gasteiger partial charge is 0.163 e. The molecule has 0 amide bonds. The Labute approximate surface area is 131 Å². The Hall–Kier alpha value is -1.63. The highest BCUT2D eigenvalue weighted by Crippen LogP contribution is 2.31. The first-order chi connectivity index (χ1) is 10.2. The number of hydrogen-bond acceptors (Lipinski definition) is 6. The molecule has 6 heteroatoms. The number of nitrogens with two attached hydrogens (primary N) is 1. The van der Waals surface area contributed by atoms with Crippen molar-refractivity contribution in [1.82, 2.24) is 9.97 Å². The number of nitrogens with one attached hydrogen (secondary N) is 1. The van der Waals surface area contributed by atoms with Crippen LogP contribution >= 0.6 is 23.1 Å². The summed E-state index contributed by atoms with van der Waals surface area (Å²) < 4.78 is 0. The van der Waals surface area contributed by atoms with E-state index in [1.165, 1.54) is 9.77 Å². The van der Waals surface area contributed by atoms with E-state index in [-0.39, 0.29) is 0 Å². The molecule has 21 heavy (non-hydrogen) atoms. The summed E-state index contributed by atoms with van der Waals surface area (Å²) in [4.78, 5) is 12.7. The summed E-state index contributed by atoms with van der Waals surface area (Å²) in [5, 5.41) is 0.990. The fraction of sp³-hybridized carbons (Fsp3) is 0.200. The number of nitrogen functional groups attached to an aromatic ring is 1. The molecule has 2 heterocycles. The van der Waals surface area contributed by atoms with E-state index in [0.29, 0.717) is 11.6 Å². The van der Waals surface area contributed by atoms with Gasteiger partial charge in [-0.25, -0.2) is 15.8 Å². The van der Waals surface area contributed by atoms with Crippen LogP contribution in [0.15, 0.2) is 35.2 Å². The minimum absolute atomic E-state index is 0.680. The lowest BCUT2D eigenvalue weighted by atomic mass is 10.2. The van der Waals surface area contributed by atoms with E-state index in [2.05, 4.69) is 46.8 Å². The number of nitrogens with zero attached hydrogens (tertiary/aromatic N) is 2. The molecule has 0 radical (unpaired) electrons. The van der Waals surface area contributed by atoms with Gasteiger partial charge in [0.1, 0.15) is 4.83 Å². The molecule has 4 nitrogen and oxygen atoms in total. The molecule has 0 bridgehead atoms. The zero-order valence-electron chi connectivity index (χ0n) is 11.9. The van der Waals surface area contributed by atoms with E-state index in [0.717, 1.165) is 22.2 Å². The van der Waals surface area contributed by atoms with E-state index in [1.54, 1.807) is 23.1 Å². The van der Waals surface area contributed by atoms with Crippen molar-refractivity contribution in [3.8, 4) is 11.4 Å². The Kier molecular flexibility index (Phi) is 4.10. The molecule has 0 fully saturated rings. The van der Waals surface area contributed by atoms with Crippen LogP contribution in [0.2, 0.25) is 0 Å². The van der Waals surface area contributed by atoms with Crippen molar-refractivity contribution < 1.29 is 0 Å². The van der Waals surface area contributed by atoms with Gasteiger partial charge in [0, 0.05) is 15.3 Å². The van der Waals surface area contributed by atoms with Gasteiger partial charge in [0.05, 0.1) is 5.39 Å². The van der Waals surface area contributed by atoms with Crippen molar-refractivity contribution >= 4 is 39.1 Å². The highest BCUT2D eigenvalue weighted by molar-refractivity contribution is 7.98. The first kappa shape index (κ1) is 14.3. The monoisotopic (exact) mass is 316 g/mol. The molecule has 3 aromatic rings. The zero-order chi connectivity index (χ0) is 14.8. The normalized spacial score (nSPS) is 11.0. The molecule has 0 atom stereocenters. The number of rotatable bonds is 4. The third-order valence-corrected chi connectivity index (χ3v) is 5.19. The van der Waals surface area contributed by atoms with Crippen molar-refractivity contribution in [2.75, 3.05) is 11.7 Å². The van der Waals surface area contributed by atoms with Gasteiger partial charge < -0.3 is 5.43 Å². The summed E-state index contributed by atoms with van der Waals surface area (Å²) in [5.41, 5.74) is 3.69. The molecule has 0 unspecified atom stereocenters. The average molecular weight is 316 g/mol. The van der Waals surface area contributed by atoms with Crippen molar-refractivity contribution in [1.29, 1.82) is 0 Å². The van der Waals surface area contributed by atoms with E-state index in [4.69, 9.17) is 5.84 Å². The number of aryl methyl sites for hydroxylation is 1. The first-order valence-corrected chi connectivity index (χ1v) is 8.70. The largest absolute Gasteiger partial charge is 0.308 e. The second-order valence-corrected chi connectivity index (χ2v) is 6.55. The first-order valence-electron chi connectivity index (χ1n) is 6.66. The molecule has 2 aromatic heterocycles. The van der Waals surface area contributed by atoms with Crippen LogP contribution in [0.4, 0.5) is 5.82 Å². The lowest BCUT2D eigenvalue weighted by molar-refractivity contribution is 1.18. The Morgan fingerprint density at radius 2 is 2.00 bits per heavy atom. The second kappa shape index (κ2) is 6.01. The summed E-state index contributed by atoms with van der Waals surface area (Å²) in [7, 11) is 0. The number of thioether (sulfide) groups is 1. The molecule has 3 N–H and O–H groups in total. The minimum Gasteiger partial charge on any atom is -0.308 e. The van der Waals surface area contributed by atoms with Crippen molar-refractivity contribution in [3.05, 3.63) is 35.2 Å².